The molecule has 1 aliphatic rings. The van der Waals surface area contributed by atoms with Crippen molar-refractivity contribution in [1.29, 1.82) is 0 Å². The number of H-pyrrole nitrogens is 1. The second-order valence-corrected chi connectivity index (χ2v) is 6.23. The van der Waals surface area contributed by atoms with E-state index < -0.39 is 0 Å². The quantitative estimate of drug-likeness (QED) is 0.944. The van der Waals surface area contributed by atoms with Crippen LogP contribution in [-0.2, 0) is 11.2 Å². The van der Waals surface area contributed by atoms with E-state index in [0.29, 0.717) is 12.3 Å². The predicted octanol–water partition coefficient (Wildman–Crippen LogP) is 2.73. The molecule has 2 aromatic rings. The van der Waals surface area contributed by atoms with Gasteiger partial charge in [0.05, 0.1) is 12.6 Å². The lowest BCUT2D eigenvalue weighted by Gasteiger charge is -2.32. The van der Waals surface area contributed by atoms with Gasteiger partial charge in [0.15, 0.2) is 0 Å². The first kappa shape index (κ1) is 13.4. The third-order valence-corrected chi connectivity index (χ3v) is 4.72. The standard InChI is InChI=1S/C15H19N3OS/c1-11-8-16-17-15(11)13-3-2-5-18(9-13)14(19)7-12-4-6-20-10-12/h4,6,8,10,13H,2-3,5,7,9H2,1H3,(H,16,17)/t13-/m1/s1. The summed E-state index contributed by atoms with van der Waals surface area (Å²) in [6, 6.07) is 2.03. The number of likely N-dealkylation sites (tertiary alicyclic amines) is 1. The maximum absolute atomic E-state index is 12.4. The molecule has 3 heterocycles. The average molecular weight is 289 g/mol. The molecule has 4 nitrogen and oxygen atoms in total. The minimum Gasteiger partial charge on any atom is -0.342 e. The van der Waals surface area contributed by atoms with E-state index in [1.807, 2.05) is 22.5 Å². The Morgan fingerprint density at radius 1 is 1.60 bits per heavy atom. The van der Waals surface area contributed by atoms with Gasteiger partial charge in [-0.1, -0.05) is 0 Å². The fraction of sp³-hybridized carbons (Fsp3) is 0.467. The molecule has 0 aliphatic carbocycles. The third-order valence-electron chi connectivity index (χ3n) is 3.99. The van der Waals surface area contributed by atoms with Gasteiger partial charge in [0, 0.05) is 24.7 Å². The number of piperidine rings is 1. The molecular formula is C15H19N3OS. The summed E-state index contributed by atoms with van der Waals surface area (Å²) in [4.78, 5) is 14.4. The number of hydrogen-bond acceptors (Lipinski definition) is 3. The maximum Gasteiger partial charge on any atom is 0.227 e. The smallest absolute Gasteiger partial charge is 0.227 e. The first-order valence-corrected chi connectivity index (χ1v) is 7.97. The van der Waals surface area contributed by atoms with Crippen molar-refractivity contribution in [3.63, 3.8) is 0 Å². The Kier molecular flexibility index (Phi) is 3.87. The lowest BCUT2D eigenvalue weighted by molar-refractivity contribution is -0.131. The van der Waals surface area contributed by atoms with Crippen LogP contribution in [0.15, 0.2) is 23.0 Å². The summed E-state index contributed by atoms with van der Waals surface area (Å²) in [6.07, 6.45) is 4.59. The van der Waals surface area contributed by atoms with Crippen LogP contribution in [0.5, 0.6) is 0 Å². The van der Waals surface area contributed by atoms with Gasteiger partial charge < -0.3 is 4.90 Å². The van der Waals surface area contributed by atoms with Gasteiger partial charge >= 0.3 is 0 Å². The normalized spacial score (nSPS) is 19.2. The molecule has 1 saturated heterocycles. The zero-order valence-corrected chi connectivity index (χ0v) is 12.4. The van der Waals surface area contributed by atoms with Gasteiger partial charge in [0.2, 0.25) is 5.91 Å². The highest BCUT2D eigenvalue weighted by molar-refractivity contribution is 7.07. The molecule has 20 heavy (non-hydrogen) atoms. The van der Waals surface area contributed by atoms with Crippen molar-refractivity contribution in [2.24, 2.45) is 0 Å². The van der Waals surface area contributed by atoms with Gasteiger partial charge in [-0.25, -0.2) is 0 Å². The first-order chi connectivity index (χ1) is 9.74. The van der Waals surface area contributed by atoms with Crippen molar-refractivity contribution in [1.82, 2.24) is 15.1 Å². The molecule has 1 aliphatic heterocycles. The molecular weight excluding hydrogens is 270 g/mol. The Bertz CT molecular complexity index is 576. The molecule has 3 rings (SSSR count). The number of rotatable bonds is 3. The van der Waals surface area contributed by atoms with Crippen LogP contribution in [0.1, 0.15) is 35.6 Å². The fourth-order valence-corrected chi connectivity index (χ4v) is 3.56. The number of carbonyl (C=O) groups excluding carboxylic acids is 1. The van der Waals surface area contributed by atoms with Crippen molar-refractivity contribution in [2.75, 3.05) is 13.1 Å². The molecule has 1 amide bonds. The highest BCUT2D eigenvalue weighted by atomic mass is 32.1. The van der Waals surface area contributed by atoms with E-state index in [1.54, 1.807) is 11.3 Å². The van der Waals surface area contributed by atoms with Crippen molar-refractivity contribution in [3.05, 3.63) is 39.8 Å². The summed E-state index contributed by atoms with van der Waals surface area (Å²) in [5.41, 5.74) is 3.51. The van der Waals surface area contributed by atoms with Crippen LogP contribution in [0.2, 0.25) is 0 Å². The zero-order chi connectivity index (χ0) is 13.9. The molecule has 0 bridgehead atoms. The molecule has 1 N–H and O–H groups in total. The van der Waals surface area contributed by atoms with E-state index in [4.69, 9.17) is 0 Å². The Balaban J connectivity index is 1.66. The number of hydrogen-bond donors (Lipinski definition) is 1. The van der Waals surface area contributed by atoms with E-state index in [1.165, 1.54) is 11.3 Å². The van der Waals surface area contributed by atoms with Crippen LogP contribution in [0.25, 0.3) is 0 Å². The molecule has 0 radical (unpaired) electrons. The summed E-state index contributed by atoms with van der Waals surface area (Å²) < 4.78 is 0. The van der Waals surface area contributed by atoms with Gasteiger partial charge in [0.25, 0.3) is 0 Å². The molecule has 106 valence electrons. The van der Waals surface area contributed by atoms with Crippen LogP contribution in [-0.4, -0.2) is 34.1 Å². The molecule has 2 aromatic heterocycles. The van der Waals surface area contributed by atoms with E-state index in [-0.39, 0.29) is 5.91 Å². The van der Waals surface area contributed by atoms with E-state index >= 15 is 0 Å². The highest BCUT2D eigenvalue weighted by Crippen LogP contribution is 2.27. The number of amides is 1. The second kappa shape index (κ2) is 5.79. The molecule has 1 fully saturated rings. The lowest BCUT2D eigenvalue weighted by atomic mass is 9.92. The number of nitrogens with one attached hydrogen (secondary N) is 1. The number of aromatic nitrogens is 2. The van der Waals surface area contributed by atoms with E-state index in [9.17, 15) is 4.79 Å². The zero-order valence-electron chi connectivity index (χ0n) is 11.6. The highest BCUT2D eigenvalue weighted by Gasteiger charge is 2.26. The minimum atomic E-state index is 0.241. The van der Waals surface area contributed by atoms with Crippen LogP contribution < -0.4 is 0 Å². The van der Waals surface area contributed by atoms with Gasteiger partial charge in [-0.15, -0.1) is 0 Å². The topological polar surface area (TPSA) is 49.0 Å². The maximum atomic E-state index is 12.4. The number of aromatic amines is 1. The second-order valence-electron chi connectivity index (χ2n) is 5.45. The van der Waals surface area contributed by atoms with E-state index in [2.05, 4.69) is 22.5 Å². The number of carbonyl (C=O) groups is 1. The Labute approximate surface area is 122 Å². The summed E-state index contributed by atoms with van der Waals surface area (Å²) in [6.45, 7) is 3.77. The predicted molar refractivity (Wildman–Crippen MR) is 79.9 cm³/mol. The largest absolute Gasteiger partial charge is 0.342 e. The molecule has 1 atom stereocenters. The summed E-state index contributed by atoms with van der Waals surface area (Å²) in [5.74, 6) is 0.642. The fourth-order valence-electron chi connectivity index (χ4n) is 2.89. The molecule has 0 saturated carbocycles. The summed E-state index contributed by atoms with van der Waals surface area (Å²) >= 11 is 1.64. The Morgan fingerprint density at radius 3 is 3.20 bits per heavy atom. The summed E-state index contributed by atoms with van der Waals surface area (Å²) in [5, 5.41) is 11.3. The third kappa shape index (κ3) is 2.77. The molecule has 0 spiro atoms. The monoisotopic (exact) mass is 289 g/mol. The van der Waals surface area contributed by atoms with E-state index in [0.717, 1.165) is 31.5 Å². The summed E-state index contributed by atoms with van der Waals surface area (Å²) in [7, 11) is 0. The number of nitrogens with zero attached hydrogens (tertiary/aromatic N) is 2. The molecule has 0 unspecified atom stereocenters. The Hall–Kier alpha value is -1.62. The van der Waals surface area contributed by atoms with Crippen molar-refractivity contribution < 1.29 is 4.79 Å². The van der Waals surface area contributed by atoms with Crippen molar-refractivity contribution in [3.8, 4) is 0 Å². The number of thiophene rings is 1. The molecule has 0 aromatic carbocycles. The van der Waals surface area contributed by atoms with Crippen molar-refractivity contribution in [2.45, 2.75) is 32.1 Å². The van der Waals surface area contributed by atoms with Gasteiger partial charge in [-0.2, -0.15) is 16.4 Å². The first-order valence-electron chi connectivity index (χ1n) is 7.03. The average Bonchev–Trinajstić information content (AvgIpc) is 3.10. The van der Waals surface area contributed by atoms with Gasteiger partial charge in [-0.05, 0) is 47.7 Å². The van der Waals surface area contributed by atoms with Gasteiger partial charge in [-0.3, -0.25) is 9.89 Å². The lowest BCUT2D eigenvalue weighted by Crippen LogP contribution is -2.40. The van der Waals surface area contributed by atoms with Crippen molar-refractivity contribution >= 4 is 17.2 Å². The van der Waals surface area contributed by atoms with Crippen LogP contribution in [0.4, 0.5) is 0 Å². The van der Waals surface area contributed by atoms with Crippen LogP contribution in [0, 0.1) is 6.92 Å². The SMILES string of the molecule is Cc1cn[nH]c1[C@@H]1CCCN(C(=O)Cc2ccsc2)C1. The van der Waals surface area contributed by atoms with Gasteiger partial charge in [0.1, 0.15) is 0 Å². The molecule has 5 heteroatoms. The van der Waals surface area contributed by atoms with Crippen LogP contribution >= 0.6 is 11.3 Å². The Morgan fingerprint density at radius 2 is 2.50 bits per heavy atom. The minimum absolute atomic E-state index is 0.241. The number of aryl methyl sites for hydroxylation is 1. The van der Waals surface area contributed by atoms with Crippen LogP contribution in [0.3, 0.4) is 0 Å².